The largest absolute Gasteiger partial charge is 1.00 e. The van der Waals surface area contributed by atoms with Crippen molar-refractivity contribution in [2.45, 2.75) is 0 Å². The van der Waals surface area contributed by atoms with E-state index >= 15 is 0 Å². The van der Waals surface area contributed by atoms with Crippen molar-refractivity contribution in [3.8, 4) is 0 Å². The van der Waals surface area contributed by atoms with Gasteiger partial charge in [0.1, 0.15) is 5.10 Å². The molecular formula is CH8BrN5O3. The molecule has 9 heteroatoms. The van der Waals surface area contributed by atoms with Gasteiger partial charge in [0.05, 0.1) is 0 Å². The number of hydrogen-bond acceptors (Lipinski definition) is 3. The molecule has 0 fully saturated rings. The third kappa shape index (κ3) is 10.3. The summed E-state index contributed by atoms with van der Waals surface area (Å²) in [6.07, 6.45) is 0. The minimum atomic E-state index is -0.887. The van der Waals surface area contributed by atoms with Crippen LogP contribution in [0.4, 0.5) is 0 Å². The Morgan fingerprint density at radius 3 is 2.30 bits per heavy atom. The second kappa shape index (κ2) is 8.23. The van der Waals surface area contributed by atoms with E-state index < -0.39 is 5.03 Å². The van der Waals surface area contributed by atoms with E-state index in [4.69, 9.17) is 0 Å². The highest BCUT2D eigenvalue weighted by Gasteiger charge is 1.96. The smallest absolute Gasteiger partial charge is 0.377 e. The van der Waals surface area contributed by atoms with Gasteiger partial charge in [-0.1, -0.05) is 0 Å². The minimum Gasteiger partial charge on any atom is -1.00 e. The quantitative estimate of drug-likeness (QED) is 0.131. The number of hydrazine groups is 1. The lowest BCUT2D eigenvalue weighted by atomic mass is 11.1. The van der Waals surface area contributed by atoms with Crippen molar-refractivity contribution in [3.63, 3.8) is 0 Å². The van der Waals surface area contributed by atoms with Gasteiger partial charge in [-0.25, -0.2) is 16.0 Å². The summed E-state index contributed by atoms with van der Waals surface area (Å²) in [6.45, 7) is 0. The highest BCUT2D eigenvalue weighted by molar-refractivity contribution is 5.66. The lowest BCUT2D eigenvalue weighted by molar-refractivity contribution is -0.491. The summed E-state index contributed by atoms with van der Waals surface area (Å²) < 4.78 is 0. The van der Waals surface area contributed by atoms with Crippen molar-refractivity contribution in [2.24, 2.45) is 10.9 Å². The first-order chi connectivity index (χ1) is 3.66. The number of hydrogen-bond donors (Lipinski definition) is 3. The number of rotatable bonds is 1. The van der Waals surface area contributed by atoms with E-state index in [-0.39, 0.29) is 28.4 Å². The predicted molar refractivity (Wildman–Crippen MR) is 28.3 cm³/mol. The van der Waals surface area contributed by atoms with Crippen LogP contribution in [-0.4, -0.2) is 16.5 Å². The molecule has 0 aliphatic rings. The van der Waals surface area contributed by atoms with Gasteiger partial charge in [0, 0.05) is 0 Å². The molecule has 0 radical (unpaired) electrons. The van der Waals surface area contributed by atoms with E-state index in [9.17, 15) is 10.1 Å². The van der Waals surface area contributed by atoms with Gasteiger partial charge in [0.2, 0.25) is 0 Å². The normalized spacial score (nSPS) is 8.80. The Hall–Kier alpha value is -0.770. The van der Waals surface area contributed by atoms with E-state index in [1.807, 2.05) is 5.43 Å². The number of quaternary nitrogens is 1. The van der Waals surface area contributed by atoms with E-state index in [1.165, 1.54) is 0 Å². The van der Waals surface area contributed by atoms with Crippen LogP contribution in [0.15, 0.2) is 5.10 Å². The summed E-state index contributed by atoms with van der Waals surface area (Å²) in [5.74, 6) is 4.50. The molecule has 0 saturated carbocycles. The van der Waals surface area contributed by atoms with Crippen LogP contribution < -0.4 is 34.0 Å². The Morgan fingerprint density at radius 1 is 1.80 bits per heavy atom. The third-order valence-electron chi connectivity index (χ3n) is 0.369. The monoisotopic (exact) mass is 217 g/mol. The highest BCUT2D eigenvalue weighted by Crippen LogP contribution is 1.62. The molecular weight excluding hydrogens is 210 g/mol. The molecule has 0 aromatic carbocycles. The van der Waals surface area contributed by atoms with Crippen molar-refractivity contribution < 1.29 is 33.2 Å². The molecule has 0 aromatic heterocycles. The van der Waals surface area contributed by atoms with Crippen LogP contribution in [0.1, 0.15) is 0 Å². The van der Waals surface area contributed by atoms with Crippen molar-refractivity contribution in [2.75, 3.05) is 0 Å². The fraction of sp³-hybridized carbons (Fsp3) is 0. The molecule has 62 valence electrons. The first-order valence-corrected chi connectivity index (χ1v) is 1.68. The molecule has 0 aliphatic heterocycles. The molecule has 0 unspecified atom stereocenters. The van der Waals surface area contributed by atoms with E-state index in [0.717, 1.165) is 0 Å². The van der Waals surface area contributed by atoms with Gasteiger partial charge in [-0.3, -0.25) is 11.2 Å². The number of nitrogens with two attached hydrogens (primary N) is 1. The fourth-order valence-electron chi connectivity index (χ4n) is 0.127. The van der Waals surface area contributed by atoms with Crippen LogP contribution >= 0.6 is 0 Å². The lowest BCUT2D eigenvalue weighted by Crippen LogP contribution is -3.00. The molecule has 0 bridgehead atoms. The molecule has 0 saturated heterocycles. The summed E-state index contributed by atoms with van der Waals surface area (Å²) in [5, 5.41) is 11.3. The van der Waals surface area contributed by atoms with Gasteiger partial charge >= 0.3 is 5.96 Å². The van der Waals surface area contributed by atoms with Crippen molar-refractivity contribution >= 4 is 5.96 Å². The van der Waals surface area contributed by atoms with Crippen molar-refractivity contribution in [1.29, 1.82) is 0 Å². The maximum absolute atomic E-state index is 9.45. The van der Waals surface area contributed by atoms with E-state index in [0.29, 0.717) is 0 Å². The minimum absolute atomic E-state index is 0. The number of hydrazone groups is 1. The lowest BCUT2D eigenvalue weighted by Gasteiger charge is -1.82. The van der Waals surface area contributed by atoms with Crippen LogP contribution in [0.25, 0.3) is 0 Å². The first-order valence-electron chi connectivity index (χ1n) is 1.68. The number of halogens is 1. The molecule has 8 N–H and O–H groups in total. The van der Waals surface area contributed by atoms with Crippen molar-refractivity contribution in [3.05, 3.63) is 10.1 Å². The summed E-state index contributed by atoms with van der Waals surface area (Å²) in [4.78, 5) is 9.45. The fourth-order valence-corrected chi connectivity index (χ4v) is 0.127. The average Bonchev–Trinajstić information content (AvgIpc) is 1.65. The topological polar surface area (TPSA) is 153 Å². The SMILES string of the molecule is NN/C([NH3+])=N/[N+](=O)[O-].O.[Br-]. The molecule has 8 nitrogen and oxygen atoms in total. The van der Waals surface area contributed by atoms with Gasteiger partial charge in [0.25, 0.3) is 0 Å². The molecule has 10 heavy (non-hydrogen) atoms. The Bertz CT molecular complexity index is 124. The van der Waals surface area contributed by atoms with E-state index in [2.05, 4.69) is 16.7 Å². The summed E-state index contributed by atoms with van der Waals surface area (Å²) in [5.41, 5.74) is 4.96. The first kappa shape index (κ1) is 16.1. The molecule has 0 aromatic rings. The van der Waals surface area contributed by atoms with Gasteiger partial charge in [-0.05, 0) is 0 Å². The summed E-state index contributed by atoms with van der Waals surface area (Å²) >= 11 is 0. The number of nitrogens with one attached hydrogen (secondary N) is 1. The van der Waals surface area contributed by atoms with Crippen molar-refractivity contribution in [1.82, 2.24) is 5.43 Å². The summed E-state index contributed by atoms with van der Waals surface area (Å²) in [6, 6.07) is 0. The van der Waals surface area contributed by atoms with Crippen LogP contribution in [0.2, 0.25) is 0 Å². The predicted octanol–water partition coefficient (Wildman–Crippen LogP) is -6.58. The molecule has 0 heterocycles. The molecule has 0 atom stereocenters. The van der Waals surface area contributed by atoms with Gasteiger partial charge in [-0.2, -0.15) is 0 Å². The molecule has 0 rings (SSSR count). The number of nitrogens with zero attached hydrogens (tertiary/aromatic N) is 2. The molecule has 0 amide bonds. The molecule has 0 spiro atoms. The van der Waals surface area contributed by atoms with Crippen LogP contribution in [-0.2, 0) is 0 Å². The Labute approximate surface area is 66.5 Å². The maximum Gasteiger partial charge on any atom is 0.377 e. The van der Waals surface area contributed by atoms with Crippen LogP contribution in [0.3, 0.4) is 0 Å². The second-order valence-electron chi connectivity index (χ2n) is 0.929. The zero-order valence-corrected chi connectivity index (χ0v) is 6.46. The average molecular weight is 218 g/mol. The van der Waals surface area contributed by atoms with Gasteiger partial charge in [0.15, 0.2) is 5.03 Å². The third-order valence-corrected chi connectivity index (χ3v) is 0.369. The Balaban J connectivity index is -0.000000245. The maximum atomic E-state index is 9.45. The number of guanidine groups is 1. The Kier molecular flexibility index (Phi) is 13.3. The zero-order chi connectivity index (χ0) is 6.57. The van der Waals surface area contributed by atoms with Crippen LogP contribution in [0, 0.1) is 10.1 Å². The van der Waals surface area contributed by atoms with Gasteiger partial charge in [-0.15, -0.1) is 0 Å². The number of nitro groups is 1. The highest BCUT2D eigenvalue weighted by atomic mass is 79.9. The standard InChI is InChI=1S/CH5N5O2.BrH.H2O/c2-1(4-3)5-6(7)8;;/h3H2,(H3,2,4,5);1H;1H2. The van der Waals surface area contributed by atoms with Gasteiger partial charge < -0.3 is 22.5 Å². The molecule has 0 aliphatic carbocycles. The Morgan fingerprint density at radius 2 is 2.20 bits per heavy atom. The van der Waals surface area contributed by atoms with E-state index in [1.54, 1.807) is 0 Å². The summed E-state index contributed by atoms with van der Waals surface area (Å²) in [7, 11) is 0. The second-order valence-corrected chi connectivity index (χ2v) is 0.929. The zero-order valence-electron chi connectivity index (χ0n) is 4.87. The van der Waals surface area contributed by atoms with Crippen LogP contribution in [0.5, 0.6) is 0 Å².